The van der Waals surface area contributed by atoms with E-state index < -0.39 is 5.97 Å². The van der Waals surface area contributed by atoms with Crippen molar-refractivity contribution in [3.8, 4) is 11.4 Å². The molecule has 0 aliphatic rings. The molecule has 2 aromatic carbocycles. The summed E-state index contributed by atoms with van der Waals surface area (Å²) < 4.78 is 1.80. The minimum Gasteiger partial charge on any atom is -0.478 e. The molecule has 0 spiro atoms. The van der Waals surface area contributed by atoms with Gasteiger partial charge in [-0.15, -0.1) is 10.2 Å². The third kappa shape index (κ3) is 4.66. The quantitative estimate of drug-likeness (QED) is 0.612. The number of carbonyl (C=O) groups excluding carboxylic acids is 1. The number of aromatic nitrogens is 3. The number of nitrogens with one attached hydrogen (secondary N) is 1. The van der Waals surface area contributed by atoms with Crippen molar-refractivity contribution >= 4 is 40.9 Å². The smallest absolute Gasteiger partial charge is 0.335 e. The number of hydrogen-bond donors (Lipinski definition) is 2. The van der Waals surface area contributed by atoms with Gasteiger partial charge >= 0.3 is 5.97 Å². The Kier molecular flexibility index (Phi) is 5.78. The third-order valence-electron chi connectivity index (χ3n) is 3.66. The second-order valence-electron chi connectivity index (χ2n) is 5.59. The van der Waals surface area contributed by atoms with E-state index in [2.05, 4.69) is 15.5 Å². The standard InChI is InChI=1S/C18H15ClN4O3S/c1-23-16(11-5-7-13(19)8-6-11)21-22-18(23)27-10-15(24)20-14-4-2-3-12(9-14)17(25)26/h2-9H,10H2,1H3,(H,20,24)(H,25,26). The lowest BCUT2D eigenvalue weighted by atomic mass is 10.2. The number of halogens is 1. The lowest BCUT2D eigenvalue weighted by molar-refractivity contribution is -0.113. The summed E-state index contributed by atoms with van der Waals surface area (Å²) in [5.41, 5.74) is 1.41. The number of carbonyl (C=O) groups is 2. The van der Waals surface area contributed by atoms with E-state index in [4.69, 9.17) is 16.7 Å². The largest absolute Gasteiger partial charge is 0.478 e. The van der Waals surface area contributed by atoms with Crippen LogP contribution < -0.4 is 5.32 Å². The summed E-state index contributed by atoms with van der Waals surface area (Å²) in [6.07, 6.45) is 0. The van der Waals surface area contributed by atoms with Crippen LogP contribution in [0.15, 0.2) is 53.7 Å². The number of benzene rings is 2. The highest BCUT2D eigenvalue weighted by atomic mass is 35.5. The highest BCUT2D eigenvalue weighted by Crippen LogP contribution is 2.24. The van der Waals surface area contributed by atoms with E-state index in [1.165, 1.54) is 23.9 Å². The molecule has 0 saturated carbocycles. The monoisotopic (exact) mass is 402 g/mol. The van der Waals surface area contributed by atoms with Gasteiger partial charge in [0, 0.05) is 23.3 Å². The number of aromatic carboxylic acids is 1. The number of anilines is 1. The minimum absolute atomic E-state index is 0.112. The minimum atomic E-state index is -1.05. The summed E-state index contributed by atoms with van der Waals surface area (Å²) in [7, 11) is 1.82. The summed E-state index contributed by atoms with van der Waals surface area (Å²) in [4.78, 5) is 23.1. The van der Waals surface area contributed by atoms with E-state index >= 15 is 0 Å². The lowest BCUT2D eigenvalue weighted by Gasteiger charge is -2.06. The molecule has 0 atom stereocenters. The molecule has 3 aromatic rings. The summed E-state index contributed by atoms with van der Waals surface area (Å²) in [6.45, 7) is 0. The van der Waals surface area contributed by atoms with E-state index in [9.17, 15) is 9.59 Å². The summed E-state index contributed by atoms with van der Waals surface area (Å²) in [5, 5.41) is 21.2. The fourth-order valence-corrected chi connectivity index (χ4v) is 3.19. The van der Waals surface area contributed by atoms with Gasteiger partial charge in [0.25, 0.3) is 0 Å². The van der Waals surface area contributed by atoms with Crippen molar-refractivity contribution in [2.45, 2.75) is 5.16 Å². The second-order valence-corrected chi connectivity index (χ2v) is 6.97. The van der Waals surface area contributed by atoms with E-state index in [0.717, 1.165) is 5.56 Å². The van der Waals surface area contributed by atoms with Crippen molar-refractivity contribution < 1.29 is 14.7 Å². The van der Waals surface area contributed by atoms with Crippen LogP contribution in [0, 0.1) is 0 Å². The van der Waals surface area contributed by atoms with Crippen molar-refractivity contribution in [2.24, 2.45) is 7.05 Å². The Balaban J connectivity index is 1.63. The fourth-order valence-electron chi connectivity index (χ4n) is 2.35. The average Bonchev–Trinajstić information content (AvgIpc) is 3.01. The molecule has 138 valence electrons. The molecular formula is C18H15ClN4O3S. The molecule has 27 heavy (non-hydrogen) atoms. The molecule has 0 saturated heterocycles. The topological polar surface area (TPSA) is 97.1 Å². The van der Waals surface area contributed by atoms with Crippen molar-refractivity contribution in [1.29, 1.82) is 0 Å². The summed E-state index contributed by atoms with van der Waals surface area (Å²) in [5.74, 6) is -0.527. The van der Waals surface area contributed by atoms with Gasteiger partial charge in [-0.2, -0.15) is 0 Å². The maximum atomic E-state index is 12.1. The number of hydrogen-bond acceptors (Lipinski definition) is 5. The molecule has 1 heterocycles. The first-order chi connectivity index (χ1) is 12.9. The molecular weight excluding hydrogens is 388 g/mol. The van der Waals surface area contributed by atoms with Gasteiger partial charge in [0.15, 0.2) is 11.0 Å². The van der Waals surface area contributed by atoms with Crippen LogP contribution in [0.4, 0.5) is 5.69 Å². The second kappa shape index (κ2) is 8.24. The van der Waals surface area contributed by atoms with E-state index in [1.54, 1.807) is 28.8 Å². The molecule has 1 aromatic heterocycles. The zero-order chi connectivity index (χ0) is 19.4. The number of nitrogens with zero attached hydrogens (tertiary/aromatic N) is 3. The molecule has 0 unspecified atom stereocenters. The Bertz CT molecular complexity index is 989. The Labute approximate surface area is 164 Å². The molecule has 0 aliphatic carbocycles. The van der Waals surface area contributed by atoms with Gasteiger partial charge < -0.3 is 15.0 Å². The summed E-state index contributed by atoms with van der Waals surface area (Å²) >= 11 is 7.14. The predicted molar refractivity (Wildman–Crippen MR) is 104 cm³/mol. The summed E-state index contributed by atoms with van der Waals surface area (Å²) in [6, 6.07) is 13.3. The predicted octanol–water partition coefficient (Wildman–Crippen LogP) is 3.56. The fraction of sp³-hybridized carbons (Fsp3) is 0.111. The van der Waals surface area contributed by atoms with E-state index in [-0.39, 0.29) is 17.2 Å². The maximum absolute atomic E-state index is 12.1. The van der Waals surface area contributed by atoms with Crippen molar-refractivity contribution in [3.05, 3.63) is 59.1 Å². The number of amides is 1. The van der Waals surface area contributed by atoms with Crippen LogP contribution in [0.5, 0.6) is 0 Å². The maximum Gasteiger partial charge on any atom is 0.335 e. The van der Waals surface area contributed by atoms with Crippen LogP contribution >= 0.6 is 23.4 Å². The third-order valence-corrected chi connectivity index (χ3v) is 4.94. The van der Waals surface area contributed by atoms with Crippen LogP contribution in [0.1, 0.15) is 10.4 Å². The molecule has 2 N–H and O–H groups in total. The van der Waals surface area contributed by atoms with Gasteiger partial charge in [-0.05, 0) is 42.5 Å². The van der Waals surface area contributed by atoms with Gasteiger partial charge in [0.2, 0.25) is 5.91 Å². The van der Waals surface area contributed by atoms with Crippen LogP contribution in [0.3, 0.4) is 0 Å². The van der Waals surface area contributed by atoms with Crippen molar-refractivity contribution in [3.63, 3.8) is 0 Å². The molecule has 0 bridgehead atoms. The van der Waals surface area contributed by atoms with Crippen molar-refractivity contribution in [2.75, 3.05) is 11.1 Å². The number of carboxylic acids is 1. The van der Waals surface area contributed by atoms with Crippen LogP contribution in [0.2, 0.25) is 5.02 Å². The number of rotatable bonds is 6. The molecule has 7 nitrogen and oxygen atoms in total. The highest BCUT2D eigenvalue weighted by molar-refractivity contribution is 7.99. The van der Waals surface area contributed by atoms with Gasteiger partial charge in [-0.3, -0.25) is 4.79 Å². The first-order valence-corrected chi connectivity index (χ1v) is 9.22. The molecule has 1 amide bonds. The number of thioether (sulfide) groups is 1. The Morgan fingerprint density at radius 1 is 1.19 bits per heavy atom. The number of carboxylic acid groups (broad SMARTS) is 1. The Morgan fingerprint density at radius 2 is 1.93 bits per heavy atom. The molecule has 0 fully saturated rings. The molecule has 0 radical (unpaired) electrons. The molecule has 9 heteroatoms. The van der Waals surface area contributed by atoms with E-state index in [1.807, 2.05) is 19.2 Å². The molecule has 0 aliphatic heterocycles. The zero-order valence-corrected chi connectivity index (χ0v) is 15.8. The van der Waals surface area contributed by atoms with Gasteiger partial charge in [-0.25, -0.2) is 4.79 Å². The highest BCUT2D eigenvalue weighted by Gasteiger charge is 2.13. The van der Waals surface area contributed by atoms with E-state index in [0.29, 0.717) is 21.7 Å². The Hall–Kier alpha value is -2.84. The Morgan fingerprint density at radius 3 is 2.63 bits per heavy atom. The lowest BCUT2D eigenvalue weighted by Crippen LogP contribution is -2.15. The SMILES string of the molecule is Cn1c(SCC(=O)Nc2cccc(C(=O)O)c2)nnc1-c1ccc(Cl)cc1. The van der Waals surface area contributed by atoms with Gasteiger partial charge in [0.1, 0.15) is 0 Å². The van der Waals surface area contributed by atoms with Crippen LogP contribution in [-0.2, 0) is 11.8 Å². The van der Waals surface area contributed by atoms with Crippen LogP contribution in [-0.4, -0.2) is 37.5 Å². The van der Waals surface area contributed by atoms with Crippen molar-refractivity contribution in [1.82, 2.24) is 14.8 Å². The average molecular weight is 403 g/mol. The van der Waals surface area contributed by atoms with Gasteiger partial charge in [-0.1, -0.05) is 29.4 Å². The zero-order valence-electron chi connectivity index (χ0n) is 14.2. The first-order valence-electron chi connectivity index (χ1n) is 7.85. The van der Waals surface area contributed by atoms with Crippen LogP contribution in [0.25, 0.3) is 11.4 Å². The van der Waals surface area contributed by atoms with Gasteiger partial charge in [0.05, 0.1) is 11.3 Å². The first kappa shape index (κ1) is 18.9. The normalized spacial score (nSPS) is 10.6. The molecule has 3 rings (SSSR count).